The van der Waals surface area contributed by atoms with Gasteiger partial charge in [0.1, 0.15) is 5.75 Å². The summed E-state index contributed by atoms with van der Waals surface area (Å²) in [4.78, 5) is 4.88. The van der Waals surface area contributed by atoms with Gasteiger partial charge in [-0.15, -0.1) is 0 Å². The van der Waals surface area contributed by atoms with Crippen LogP contribution in [-0.4, -0.2) is 25.4 Å². The molecule has 2 aromatic rings. The van der Waals surface area contributed by atoms with Crippen LogP contribution in [0.25, 0.3) is 11.1 Å². The molecule has 1 N–H and O–H groups in total. The lowest BCUT2D eigenvalue weighted by Crippen LogP contribution is -2.38. The minimum atomic E-state index is -1.67. The zero-order valence-electron chi connectivity index (χ0n) is 16.5. The molecular formula is C23H31NOSi. The Morgan fingerprint density at radius 2 is 1.69 bits per heavy atom. The SMILES string of the molecule is CC1CCCCC1N=Cc1cc(-c2ccccc2)cc([Si](C)(C)C)c1O. The second-order valence-corrected chi connectivity index (χ2v) is 13.7. The normalized spacial score (nSPS) is 21.2. The predicted molar refractivity (Wildman–Crippen MR) is 116 cm³/mol. The van der Waals surface area contributed by atoms with Gasteiger partial charge in [-0.3, -0.25) is 4.99 Å². The molecule has 1 aliphatic rings. The summed E-state index contributed by atoms with van der Waals surface area (Å²) >= 11 is 0. The smallest absolute Gasteiger partial charge is 0.123 e. The molecule has 0 heterocycles. The number of hydrogen-bond acceptors (Lipinski definition) is 2. The first-order valence-corrected chi connectivity index (χ1v) is 13.3. The van der Waals surface area contributed by atoms with Gasteiger partial charge >= 0.3 is 0 Å². The van der Waals surface area contributed by atoms with Gasteiger partial charge in [-0.1, -0.05) is 75.8 Å². The first kappa shape index (κ1) is 18.9. The molecule has 0 saturated heterocycles. The van der Waals surface area contributed by atoms with Crippen LogP contribution in [0.15, 0.2) is 47.5 Å². The summed E-state index contributed by atoms with van der Waals surface area (Å²) in [5.41, 5.74) is 3.22. The van der Waals surface area contributed by atoms with Crippen LogP contribution < -0.4 is 5.19 Å². The minimum Gasteiger partial charge on any atom is -0.507 e. The molecule has 2 nitrogen and oxygen atoms in total. The highest BCUT2D eigenvalue weighted by Gasteiger charge is 2.24. The van der Waals surface area contributed by atoms with Crippen molar-refractivity contribution >= 4 is 19.5 Å². The average Bonchev–Trinajstić information content (AvgIpc) is 2.62. The topological polar surface area (TPSA) is 32.6 Å². The highest BCUT2D eigenvalue weighted by Crippen LogP contribution is 2.28. The van der Waals surface area contributed by atoms with E-state index in [1.165, 1.54) is 30.4 Å². The molecule has 2 unspecified atom stereocenters. The van der Waals surface area contributed by atoms with Crippen LogP contribution >= 0.6 is 0 Å². The number of rotatable bonds is 4. The molecule has 0 aliphatic heterocycles. The Hall–Kier alpha value is -1.87. The van der Waals surface area contributed by atoms with Crippen molar-refractivity contribution < 1.29 is 5.11 Å². The van der Waals surface area contributed by atoms with E-state index < -0.39 is 8.07 Å². The molecule has 0 bridgehead atoms. The number of phenols is 1. The maximum Gasteiger partial charge on any atom is 0.123 e. The zero-order chi connectivity index (χ0) is 18.7. The van der Waals surface area contributed by atoms with Gasteiger partial charge in [-0.05, 0) is 41.1 Å². The fraction of sp³-hybridized carbons (Fsp3) is 0.435. The van der Waals surface area contributed by atoms with Gasteiger partial charge in [0.15, 0.2) is 0 Å². The highest BCUT2D eigenvalue weighted by atomic mass is 28.3. The third kappa shape index (κ3) is 4.26. The first-order chi connectivity index (χ1) is 12.4. The van der Waals surface area contributed by atoms with Gasteiger partial charge in [0.25, 0.3) is 0 Å². The number of nitrogens with zero attached hydrogens (tertiary/aromatic N) is 1. The minimum absolute atomic E-state index is 0.388. The number of hydrogen-bond donors (Lipinski definition) is 1. The van der Waals surface area contributed by atoms with Crippen molar-refractivity contribution in [3.8, 4) is 16.9 Å². The van der Waals surface area contributed by atoms with E-state index in [4.69, 9.17) is 4.99 Å². The summed E-state index contributed by atoms with van der Waals surface area (Å²) in [6, 6.07) is 15.1. The van der Waals surface area contributed by atoms with E-state index in [0.717, 1.165) is 17.2 Å². The fourth-order valence-corrected chi connectivity index (χ4v) is 5.26. The molecule has 2 atom stereocenters. The van der Waals surface area contributed by atoms with Crippen molar-refractivity contribution in [1.82, 2.24) is 0 Å². The lowest BCUT2D eigenvalue weighted by Gasteiger charge is -2.25. The maximum absolute atomic E-state index is 10.9. The van der Waals surface area contributed by atoms with Gasteiger partial charge in [0.05, 0.1) is 14.1 Å². The van der Waals surface area contributed by atoms with Crippen molar-refractivity contribution in [2.24, 2.45) is 10.9 Å². The molecule has 0 aromatic heterocycles. The van der Waals surface area contributed by atoms with Crippen molar-refractivity contribution in [3.05, 3.63) is 48.0 Å². The van der Waals surface area contributed by atoms with Crippen LogP contribution in [0.3, 0.4) is 0 Å². The molecule has 1 aliphatic carbocycles. The number of aliphatic imine (C=N–C) groups is 1. The number of phenolic OH excluding ortho intramolecular Hbond substituents is 1. The van der Waals surface area contributed by atoms with Gasteiger partial charge < -0.3 is 5.11 Å². The van der Waals surface area contributed by atoms with Crippen LogP contribution in [0.5, 0.6) is 5.75 Å². The lowest BCUT2D eigenvalue weighted by atomic mass is 9.86. The van der Waals surface area contributed by atoms with Crippen LogP contribution in [0.2, 0.25) is 19.6 Å². The van der Waals surface area contributed by atoms with Gasteiger partial charge in [0, 0.05) is 11.8 Å². The second kappa shape index (κ2) is 7.79. The Kier molecular flexibility index (Phi) is 5.66. The Morgan fingerprint density at radius 3 is 2.35 bits per heavy atom. The van der Waals surface area contributed by atoms with E-state index in [2.05, 4.69) is 63.0 Å². The molecule has 0 amide bonds. The molecule has 138 valence electrons. The van der Waals surface area contributed by atoms with E-state index in [0.29, 0.717) is 17.7 Å². The molecule has 0 radical (unpaired) electrons. The average molecular weight is 366 g/mol. The summed E-state index contributed by atoms with van der Waals surface area (Å²) in [5.74, 6) is 1.06. The van der Waals surface area contributed by atoms with Crippen molar-refractivity contribution in [2.75, 3.05) is 0 Å². The predicted octanol–water partition coefficient (Wildman–Crippen LogP) is 5.60. The van der Waals surface area contributed by atoms with Crippen LogP contribution in [0.4, 0.5) is 0 Å². The summed E-state index contributed by atoms with van der Waals surface area (Å²) < 4.78 is 0. The Bertz CT molecular complexity index is 777. The second-order valence-electron chi connectivity index (χ2n) is 8.68. The third-order valence-electron chi connectivity index (χ3n) is 5.53. The monoisotopic (exact) mass is 365 g/mol. The lowest BCUT2D eigenvalue weighted by molar-refractivity contribution is 0.333. The summed E-state index contributed by atoms with van der Waals surface area (Å²) in [5, 5.41) is 12.0. The highest BCUT2D eigenvalue weighted by molar-refractivity contribution is 6.89. The van der Waals surface area contributed by atoms with Crippen molar-refractivity contribution in [2.45, 2.75) is 58.3 Å². The Balaban J connectivity index is 2.03. The van der Waals surface area contributed by atoms with E-state index in [9.17, 15) is 5.11 Å². The van der Waals surface area contributed by atoms with Crippen LogP contribution in [0.1, 0.15) is 38.2 Å². The standard InChI is InChI=1S/C23H31NOSi/c1-17-10-8-9-13-21(17)24-16-20-14-19(18-11-6-5-7-12-18)15-22(23(20)25)26(2,3)4/h5-7,11-12,14-17,21,25H,8-10,13H2,1-4H3. The van der Waals surface area contributed by atoms with Gasteiger partial charge in [-0.25, -0.2) is 0 Å². The zero-order valence-corrected chi connectivity index (χ0v) is 17.5. The van der Waals surface area contributed by atoms with E-state index in [1.807, 2.05) is 12.3 Å². The fourth-order valence-electron chi connectivity index (χ4n) is 3.82. The van der Waals surface area contributed by atoms with E-state index in [1.54, 1.807) is 0 Å². The van der Waals surface area contributed by atoms with Gasteiger partial charge in [0.2, 0.25) is 0 Å². The molecule has 1 saturated carbocycles. The van der Waals surface area contributed by atoms with Crippen LogP contribution in [0, 0.1) is 5.92 Å². The Morgan fingerprint density at radius 1 is 1.00 bits per heavy atom. The quantitative estimate of drug-likeness (QED) is 0.555. The van der Waals surface area contributed by atoms with Crippen molar-refractivity contribution in [3.63, 3.8) is 0 Å². The molecule has 0 spiro atoms. The van der Waals surface area contributed by atoms with Gasteiger partial charge in [-0.2, -0.15) is 0 Å². The van der Waals surface area contributed by atoms with E-state index in [-0.39, 0.29) is 0 Å². The number of aromatic hydroxyl groups is 1. The molecular weight excluding hydrogens is 334 g/mol. The summed E-state index contributed by atoms with van der Waals surface area (Å²) in [7, 11) is -1.67. The molecule has 1 fully saturated rings. The maximum atomic E-state index is 10.9. The molecule has 2 aromatic carbocycles. The van der Waals surface area contributed by atoms with Crippen molar-refractivity contribution in [1.29, 1.82) is 0 Å². The number of benzene rings is 2. The molecule has 3 rings (SSSR count). The third-order valence-corrected chi connectivity index (χ3v) is 7.52. The molecule has 26 heavy (non-hydrogen) atoms. The van der Waals surface area contributed by atoms with E-state index >= 15 is 0 Å². The summed E-state index contributed by atoms with van der Waals surface area (Å²) in [6.45, 7) is 9.14. The Labute approximate surface area is 159 Å². The largest absolute Gasteiger partial charge is 0.507 e. The molecule has 3 heteroatoms. The summed E-state index contributed by atoms with van der Waals surface area (Å²) in [6.07, 6.45) is 6.94. The first-order valence-electron chi connectivity index (χ1n) is 9.82. The van der Waals surface area contributed by atoms with Crippen LogP contribution in [-0.2, 0) is 0 Å².